The van der Waals surface area contributed by atoms with E-state index in [2.05, 4.69) is 10.6 Å². The second kappa shape index (κ2) is 10.8. The van der Waals surface area contributed by atoms with Gasteiger partial charge in [0.15, 0.2) is 12.4 Å². The summed E-state index contributed by atoms with van der Waals surface area (Å²) < 4.78 is 10.1. The molecule has 7 heteroatoms. The van der Waals surface area contributed by atoms with Crippen LogP contribution in [0.3, 0.4) is 0 Å². The Labute approximate surface area is 158 Å². The van der Waals surface area contributed by atoms with Gasteiger partial charge in [0.05, 0.1) is 6.26 Å². The first kappa shape index (κ1) is 20.2. The van der Waals surface area contributed by atoms with Crippen LogP contribution in [0, 0.1) is 0 Å². The van der Waals surface area contributed by atoms with Crippen LogP contribution in [-0.4, -0.2) is 37.0 Å². The van der Waals surface area contributed by atoms with Gasteiger partial charge in [-0.25, -0.2) is 4.79 Å². The second-order valence-electron chi connectivity index (χ2n) is 6.00. The average molecular weight is 372 g/mol. The predicted octanol–water partition coefficient (Wildman–Crippen LogP) is 2.08. The molecule has 2 aromatic rings. The second-order valence-corrected chi connectivity index (χ2v) is 6.00. The summed E-state index contributed by atoms with van der Waals surface area (Å²) in [6.45, 7) is 2.17. The number of carbonyl (C=O) groups excluding carboxylic acids is 3. The summed E-state index contributed by atoms with van der Waals surface area (Å²) in [7, 11) is 0. The van der Waals surface area contributed by atoms with Crippen LogP contribution in [0.5, 0.6) is 0 Å². The van der Waals surface area contributed by atoms with E-state index < -0.39 is 17.9 Å². The minimum absolute atomic E-state index is 0.0955. The van der Waals surface area contributed by atoms with E-state index in [1.807, 2.05) is 37.3 Å². The van der Waals surface area contributed by atoms with Crippen molar-refractivity contribution in [2.45, 2.75) is 32.2 Å². The molecule has 0 radical (unpaired) electrons. The number of carbonyl (C=O) groups is 3. The van der Waals surface area contributed by atoms with Crippen molar-refractivity contribution in [1.29, 1.82) is 0 Å². The van der Waals surface area contributed by atoms with E-state index in [9.17, 15) is 14.4 Å². The maximum Gasteiger partial charge on any atom is 0.329 e. The summed E-state index contributed by atoms with van der Waals surface area (Å²) >= 11 is 0. The Hall–Kier alpha value is -3.09. The first-order chi connectivity index (χ1) is 13.1. The molecule has 0 fully saturated rings. The van der Waals surface area contributed by atoms with Crippen LogP contribution >= 0.6 is 0 Å². The monoisotopic (exact) mass is 372 g/mol. The molecule has 144 valence electrons. The van der Waals surface area contributed by atoms with E-state index >= 15 is 0 Å². The van der Waals surface area contributed by atoms with Gasteiger partial charge in [0.2, 0.25) is 0 Å². The molecule has 1 aromatic carbocycles. The third kappa shape index (κ3) is 6.97. The van der Waals surface area contributed by atoms with E-state index in [1.54, 1.807) is 6.07 Å². The van der Waals surface area contributed by atoms with Crippen LogP contribution in [0.1, 0.15) is 35.9 Å². The first-order valence-electron chi connectivity index (χ1n) is 8.91. The predicted molar refractivity (Wildman–Crippen MR) is 99.0 cm³/mol. The van der Waals surface area contributed by atoms with Gasteiger partial charge in [0.25, 0.3) is 11.8 Å². The van der Waals surface area contributed by atoms with Gasteiger partial charge in [-0.15, -0.1) is 0 Å². The van der Waals surface area contributed by atoms with E-state index in [-0.39, 0.29) is 24.7 Å². The molecule has 2 N–H and O–H groups in total. The van der Waals surface area contributed by atoms with Crippen molar-refractivity contribution in [2.24, 2.45) is 0 Å². The van der Waals surface area contributed by atoms with Gasteiger partial charge in [-0.1, -0.05) is 43.7 Å². The van der Waals surface area contributed by atoms with Gasteiger partial charge in [-0.2, -0.15) is 0 Å². The van der Waals surface area contributed by atoms with Gasteiger partial charge in [0, 0.05) is 13.0 Å². The van der Waals surface area contributed by atoms with Gasteiger partial charge in [0.1, 0.15) is 6.04 Å². The van der Waals surface area contributed by atoms with Gasteiger partial charge in [-0.05, 0) is 24.1 Å². The SMILES string of the molecule is CCCCNC(=O)COC(=O)C(Cc1ccccc1)NC(=O)c1ccco1. The number of esters is 1. The number of unbranched alkanes of at least 4 members (excludes halogenated alkanes) is 1. The highest BCUT2D eigenvalue weighted by atomic mass is 16.5. The molecule has 0 bridgehead atoms. The normalized spacial score (nSPS) is 11.4. The Balaban J connectivity index is 1.96. The number of amides is 2. The summed E-state index contributed by atoms with van der Waals surface area (Å²) in [6.07, 6.45) is 3.43. The minimum Gasteiger partial charge on any atom is -0.459 e. The van der Waals surface area contributed by atoms with Crippen molar-refractivity contribution >= 4 is 17.8 Å². The van der Waals surface area contributed by atoms with E-state index in [0.29, 0.717) is 6.54 Å². The van der Waals surface area contributed by atoms with E-state index in [1.165, 1.54) is 12.3 Å². The standard InChI is InChI=1S/C20H24N2O5/c1-2-3-11-21-18(23)14-27-20(25)16(13-15-8-5-4-6-9-15)22-19(24)17-10-7-12-26-17/h4-10,12,16H,2-3,11,13-14H2,1H3,(H,21,23)(H,22,24). The lowest BCUT2D eigenvalue weighted by molar-refractivity contribution is -0.150. The van der Waals surface area contributed by atoms with Gasteiger partial charge < -0.3 is 19.8 Å². The fourth-order valence-electron chi connectivity index (χ4n) is 2.37. The maximum absolute atomic E-state index is 12.4. The molecule has 27 heavy (non-hydrogen) atoms. The van der Waals surface area contributed by atoms with Crippen LogP contribution in [-0.2, 0) is 20.7 Å². The molecule has 0 spiro atoms. The van der Waals surface area contributed by atoms with Crippen molar-refractivity contribution < 1.29 is 23.5 Å². The zero-order valence-corrected chi connectivity index (χ0v) is 15.3. The molecule has 2 amide bonds. The molecule has 0 aliphatic heterocycles. The molecule has 7 nitrogen and oxygen atoms in total. The fraction of sp³-hybridized carbons (Fsp3) is 0.350. The highest BCUT2D eigenvalue weighted by Gasteiger charge is 2.25. The minimum atomic E-state index is -0.937. The molecule has 0 aliphatic rings. The quantitative estimate of drug-likeness (QED) is 0.492. The molecule has 1 atom stereocenters. The molecule has 0 saturated heterocycles. The Kier molecular flexibility index (Phi) is 8.09. The highest BCUT2D eigenvalue weighted by molar-refractivity contribution is 5.94. The van der Waals surface area contributed by atoms with Crippen LogP contribution in [0.2, 0.25) is 0 Å². The van der Waals surface area contributed by atoms with Crippen LogP contribution in [0.25, 0.3) is 0 Å². The van der Waals surface area contributed by atoms with Crippen molar-refractivity contribution in [3.8, 4) is 0 Å². The largest absolute Gasteiger partial charge is 0.459 e. The van der Waals surface area contributed by atoms with Crippen molar-refractivity contribution in [1.82, 2.24) is 10.6 Å². The molecular weight excluding hydrogens is 348 g/mol. The number of hydrogen-bond acceptors (Lipinski definition) is 5. The topological polar surface area (TPSA) is 97.6 Å². The first-order valence-corrected chi connectivity index (χ1v) is 8.91. The lowest BCUT2D eigenvalue weighted by Crippen LogP contribution is -2.44. The summed E-state index contributed by atoms with van der Waals surface area (Å²) in [4.78, 5) is 36.4. The molecule has 1 aromatic heterocycles. The van der Waals surface area contributed by atoms with Crippen LogP contribution in [0.15, 0.2) is 53.1 Å². The number of benzene rings is 1. The fourth-order valence-corrected chi connectivity index (χ4v) is 2.37. The third-order valence-electron chi connectivity index (χ3n) is 3.82. The summed E-state index contributed by atoms with van der Waals surface area (Å²) in [5.41, 5.74) is 0.853. The van der Waals surface area contributed by atoms with Gasteiger partial charge in [-0.3, -0.25) is 9.59 Å². The number of furan rings is 1. The summed E-state index contributed by atoms with van der Waals surface area (Å²) in [5.74, 6) is -1.47. The van der Waals surface area contributed by atoms with Crippen LogP contribution < -0.4 is 10.6 Å². The maximum atomic E-state index is 12.4. The average Bonchev–Trinajstić information content (AvgIpc) is 3.21. The molecule has 1 unspecified atom stereocenters. The number of rotatable bonds is 10. The third-order valence-corrected chi connectivity index (χ3v) is 3.82. The molecular formula is C20H24N2O5. The molecule has 1 heterocycles. The van der Waals surface area contributed by atoms with Crippen molar-refractivity contribution in [3.05, 3.63) is 60.1 Å². The lowest BCUT2D eigenvalue weighted by Gasteiger charge is -2.17. The van der Waals surface area contributed by atoms with Gasteiger partial charge >= 0.3 is 5.97 Å². The highest BCUT2D eigenvalue weighted by Crippen LogP contribution is 2.07. The molecule has 2 rings (SSSR count). The summed E-state index contributed by atoms with van der Waals surface area (Å²) in [5, 5.41) is 5.28. The summed E-state index contributed by atoms with van der Waals surface area (Å²) in [6, 6.07) is 11.4. The zero-order valence-electron chi connectivity index (χ0n) is 15.3. The van der Waals surface area contributed by atoms with Crippen molar-refractivity contribution in [3.63, 3.8) is 0 Å². The Morgan fingerprint density at radius 3 is 2.56 bits per heavy atom. The number of nitrogens with one attached hydrogen (secondary N) is 2. The van der Waals surface area contributed by atoms with E-state index in [4.69, 9.17) is 9.15 Å². The molecule has 0 aliphatic carbocycles. The van der Waals surface area contributed by atoms with Crippen LogP contribution in [0.4, 0.5) is 0 Å². The lowest BCUT2D eigenvalue weighted by atomic mass is 10.1. The molecule has 0 saturated carbocycles. The Bertz CT molecular complexity index is 728. The number of ether oxygens (including phenoxy) is 1. The Morgan fingerprint density at radius 2 is 1.89 bits per heavy atom. The van der Waals surface area contributed by atoms with Crippen molar-refractivity contribution in [2.75, 3.05) is 13.2 Å². The van der Waals surface area contributed by atoms with E-state index in [0.717, 1.165) is 18.4 Å². The zero-order chi connectivity index (χ0) is 19.5. The smallest absolute Gasteiger partial charge is 0.329 e. The number of hydrogen-bond donors (Lipinski definition) is 2. The Morgan fingerprint density at radius 1 is 1.11 bits per heavy atom.